The Labute approximate surface area is 110 Å². The number of rotatable bonds is 3. The minimum Gasteiger partial charge on any atom is -0.333 e. The molecule has 1 N–H and O–H groups in total. The number of hydrogen-bond acceptors (Lipinski definition) is 4. The Kier molecular flexibility index (Phi) is 3.74. The molecule has 5 nitrogen and oxygen atoms in total. The molecule has 2 rings (SSSR count). The van der Waals surface area contributed by atoms with Crippen LogP contribution >= 0.6 is 11.3 Å². The van der Waals surface area contributed by atoms with Crippen LogP contribution in [0.4, 0.5) is 18.3 Å². The van der Waals surface area contributed by atoms with Gasteiger partial charge in [0.15, 0.2) is 5.13 Å². The average Bonchev–Trinajstić information content (AvgIpc) is 2.88. The number of carbonyl (C=O) groups excluding carboxylic acids is 2. The lowest BCUT2D eigenvalue weighted by atomic mass is 10.1. The predicted octanol–water partition coefficient (Wildman–Crippen LogP) is 1.49. The molecular weight excluding hydrogens is 283 g/mol. The van der Waals surface area contributed by atoms with Gasteiger partial charge >= 0.3 is 6.18 Å². The van der Waals surface area contributed by atoms with Gasteiger partial charge in [0.05, 0.1) is 5.92 Å². The summed E-state index contributed by atoms with van der Waals surface area (Å²) < 4.78 is 36.6. The Morgan fingerprint density at radius 3 is 2.89 bits per heavy atom. The van der Waals surface area contributed by atoms with Gasteiger partial charge in [0.25, 0.3) is 0 Å². The molecule has 0 spiro atoms. The molecule has 1 fully saturated rings. The summed E-state index contributed by atoms with van der Waals surface area (Å²) in [6, 6.07) is 0. The Hall–Kier alpha value is -1.64. The van der Waals surface area contributed by atoms with Crippen molar-refractivity contribution in [3.63, 3.8) is 0 Å². The molecule has 1 aliphatic rings. The van der Waals surface area contributed by atoms with Crippen molar-refractivity contribution in [2.75, 3.05) is 18.4 Å². The van der Waals surface area contributed by atoms with E-state index in [0.29, 0.717) is 10.0 Å². The van der Waals surface area contributed by atoms with Gasteiger partial charge in [-0.3, -0.25) is 9.59 Å². The highest BCUT2D eigenvalue weighted by Crippen LogP contribution is 2.25. The monoisotopic (exact) mass is 293 g/mol. The Balaban J connectivity index is 1.93. The lowest BCUT2D eigenvalue weighted by Crippen LogP contribution is -2.36. The molecule has 1 aromatic heterocycles. The fourth-order valence-corrected chi connectivity index (χ4v) is 2.34. The Morgan fingerprint density at radius 1 is 1.58 bits per heavy atom. The van der Waals surface area contributed by atoms with Gasteiger partial charge < -0.3 is 10.2 Å². The molecule has 0 bridgehead atoms. The van der Waals surface area contributed by atoms with E-state index in [0.717, 1.165) is 0 Å². The van der Waals surface area contributed by atoms with E-state index in [-0.39, 0.29) is 13.0 Å². The van der Waals surface area contributed by atoms with Gasteiger partial charge in [0.2, 0.25) is 11.8 Å². The summed E-state index contributed by atoms with van der Waals surface area (Å²) in [6.07, 6.45) is -3.15. The van der Waals surface area contributed by atoms with E-state index in [4.69, 9.17) is 0 Å². The first-order valence-electron chi connectivity index (χ1n) is 5.40. The maximum Gasteiger partial charge on any atom is 0.406 e. The van der Waals surface area contributed by atoms with Crippen LogP contribution in [0.25, 0.3) is 0 Å². The molecule has 1 atom stereocenters. The number of anilines is 1. The molecule has 0 aromatic carbocycles. The molecule has 2 heterocycles. The summed E-state index contributed by atoms with van der Waals surface area (Å²) in [5.41, 5.74) is 0. The first-order valence-corrected chi connectivity index (χ1v) is 6.28. The molecule has 2 amide bonds. The second-order valence-corrected chi connectivity index (χ2v) is 5.01. The number of thiazole rings is 1. The van der Waals surface area contributed by atoms with E-state index in [9.17, 15) is 22.8 Å². The summed E-state index contributed by atoms with van der Waals surface area (Å²) in [7, 11) is 0. The van der Waals surface area contributed by atoms with E-state index in [1.165, 1.54) is 17.5 Å². The van der Waals surface area contributed by atoms with Crippen LogP contribution < -0.4 is 5.32 Å². The zero-order valence-electron chi connectivity index (χ0n) is 9.61. The van der Waals surface area contributed by atoms with Crippen LogP contribution in [0.3, 0.4) is 0 Å². The van der Waals surface area contributed by atoms with Gasteiger partial charge in [-0.15, -0.1) is 11.3 Å². The topological polar surface area (TPSA) is 62.3 Å². The van der Waals surface area contributed by atoms with Crippen molar-refractivity contribution in [3.8, 4) is 0 Å². The zero-order chi connectivity index (χ0) is 14.0. The summed E-state index contributed by atoms with van der Waals surface area (Å²) in [4.78, 5) is 27.7. The Bertz CT molecular complexity index is 475. The standard InChI is InChI=1S/C10H10F3N3O2S/c11-10(12,13)5-16-4-6(3-7(16)17)8(18)15-9-14-1-2-19-9/h1-2,6H,3-5H2,(H,14,15,18)/t6-/m1/s1. The molecule has 0 aliphatic carbocycles. The lowest BCUT2D eigenvalue weighted by molar-refractivity contribution is -0.157. The smallest absolute Gasteiger partial charge is 0.333 e. The van der Waals surface area contributed by atoms with E-state index in [2.05, 4.69) is 10.3 Å². The minimum absolute atomic E-state index is 0.201. The number of carbonyl (C=O) groups is 2. The highest BCUT2D eigenvalue weighted by molar-refractivity contribution is 7.13. The summed E-state index contributed by atoms with van der Waals surface area (Å²) in [5, 5.41) is 4.50. The number of hydrogen-bond donors (Lipinski definition) is 1. The lowest BCUT2D eigenvalue weighted by Gasteiger charge is -2.18. The zero-order valence-corrected chi connectivity index (χ0v) is 10.4. The van der Waals surface area contributed by atoms with Crippen LogP contribution in [0.5, 0.6) is 0 Å². The molecule has 19 heavy (non-hydrogen) atoms. The van der Waals surface area contributed by atoms with Crippen molar-refractivity contribution in [1.82, 2.24) is 9.88 Å². The maximum atomic E-state index is 12.2. The van der Waals surface area contributed by atoms with Crippen molar-refractivity contribution in [1.29, 1.82) is 0 Å². The van der Waals surface area contributed by atoms with Crippen LogP contribution in [-0.4, -0.2) is 41.0 Å². The van der Waals surface area contributed by atoms with Gasteiger partial charge in [-0.25, -0.2) is 4.98 Å². The van der Waals surface area contributed by atoms with E-state index < -0.39 is 30.5 Å². The van der Waals surface area contributed by atoms with Crippen LogP contribution in [0.1, 0.15) is 6.42 Å². The van der Waals surface area contributed by atoms with Crippen LogP contribution in [0, 0.1) is 5.92 Å². The molecule has 1 aromatic rings. The number of halogens is 3. The van der Waals surface area contributed by atoms with Crippen LogP contribution in [0.2, 0.25) is 0 Å². The molecule has 0 saturated carbocycles. The predicted molar refractivity (Wildman–Crippen MR) is 61.5 cm³/mol. The van der Waals surface area contributed by atoms with Gasteiger partial charge in [-0.1, -0.05) is 0 Å². The fraction of sp³-hybridized carbons (Fsp3) is 0.500. The quantitative estimate of drug-likeness (QED) is 0.918. The molecule has 9 heteroatoms. The largest absolute Gasteiger partial charge is 0.406 e. The number of amides is 2. The van der Waals surface area contributed by atoms with Crippen molar-refractivity contribution in [2.45, 2.75) is 12.6 Å². The van der Waals surface area contributed by atoms with E-state index >= 15 is 0 Å². The summed E-state index contributed by atoms with van der Waals surface area (Å²) in [5.74, 6) is -1.90. The fourth-order valence-electron chi connectivity index (χ4n) is 1.81. The number of nitrogens with zero attached hydrogens (tertiary/aromatic N) is 2. The SMILES string of the molecule is O=C(Nc1nccs1)[C@@H]1CC(=O)N(CC(F)(F)F)C1. The number of aromatic nitrogens is 1. The number of nitrogens with one attached hydrogen (secondary N) is 1. The first-order chi connectivity index (χ1) is 8.85. The van der Waals surface area contributed by atoms with Crippen LogP contribution in [0.15, 0.2) is 11.6 Å². The third kappa shape index (κ3) is 3.66. The van der Waals surface area contributed by atoms with Gasteiger partial charge in [-0.05, 0) is 0 Å². The van der Waals surface area contributed by atoms with Crippen molar-refractivity contribution < 1.29 is 22.8 Å². The Morgan fingerprint density at radius 2 is 2.32 bits per heavy atom. The molecular formula is C10H10F3N3O2S. The molecule has 1 saturated heterocycles. The molecule has 0 unspecified atom stereocenters. The third-order valence-corrected chi connectivity index (χ3v) is 3.31. The van der Waals surface area contributed by atoms with E-state index in [1.54, 1.807) is 5.38 Å². The normalized spacial score (nSPS) is 19.8. The van der Waals surface area contributed by atoms with E-state index in [1.807, 2.05) is 0 Å². The average molecular weight is 293 g/mol. The van der Waals surface area contributed by atoms with Crippen molar-refractivity contribution >= 4 is 28.3 Å². The molecule has 1 aliphatic heterocycles. The third-order valence-electron chi connectivity index (χ3n) is 2.62. The number of alkyl halides is 3. The van der Waals surface area contributed by atoms with Crippen LogP contribution in [-0.2, 0) is 9.59 Å². The van der Waals surface area contributed by atoms with Gasteiger partial charge in [-0.2, -0.15) is 13.2 Å². The highest BCUT2D eigenvalue weighted by Gasteiger charge is 2.40. The van der Waals surface area contributed by atoms with Gasteiger partial charge in [0.1, 0.15) is 6.54 Å². The summed E-state index contributed by atoms with van der Waals surface area (Å²) >= 11 is 1.20. The highest BCUT2D eigenvalue weighted by atomic mass is 32.1. The minimum atomic E-state index is -4.45. The second-order valence-electron chi connectivity index (χ2n) is 4.12. The molecule has 104 valence electrons. The second kappa shape index (κ2) is 5.16. The van der Waals surface area contributed by atoms with Gasteiger partial charge in [0, 0.05) is 24.5 Å². The molecule has 0 radical (unpaired) electrons. The maximum absolute atomic E-state index is 12.2. The first kappa shape index (κ1) is 13.8. The van der Waals surface area contributed by atoms with Crippen molar-refractivity contribution in [3.05, 3.63) is 11.6 Å². The van der Waals surface area contributed by atoms with Crippen molar-refractivity contribution in [2.24, 2.45) is 5.92 Å². The number of likely N-dealkylation sites (tertiary alicyclic amines) is 1. The summed E-state index contributed by atoms with van der Waals surface area (Å²) in [6.45, 7) is -1.53.